The van der Waals surface area contributed by atoms with Crippen LogP contribution in [-0.4, -0.2) is 23.4 Å². The number of hydrazine groups is 1. The zero-order valence-electron chi connectivity index (χ0n) is 29.1. The van der Waals surface area contributed by atoms with E-state index in [-0.39, 0.29) is 11.8 Å². The van der Waals surface area contributed by atoms with Gasteiger partial charge in [-0.05, 0) is 19.8 Å². The minimum absolute atomic E-state index is 0.00335. The maximum Gasteiger partial charge on any atom is 0.240 e. The zero-order chi connectivity index (χ0) is 30.8. The average molecular weight is 593 g/mol. The SMILES string of the molecule is CCCCCCCCCCCCCCCCCC(=O)NN(CC)C(=O)CCCCCCCCCCCCCCCCC. The number of amides is 2. The third kappa shape index (κ3) is 30.4. The van der Waals surface area contributed by atoms with Gasteiger partial charge in [-0.2, -0.15) is 0 Å². The van der Waals surface area contributed by atoms with Crippen LogP contribution in [0.5, 0.6) is 0 Å². The van der Waals surface area contributed by atoms with Crippen molar-refractivity contribution < 1.29 is 9.59 Å². The van der Waals surface area contributed by atoms with E-state index in [9.17, 15) is 9.59 Å². The van der Waals surface area contributed by atoms with Crippen molar-refractivity contribution in [3.05, 3.63) is 0 Å². The Morgan fingerprint density at radius 2 is 0.643 bits per heavy atom. The predicted molar refractivity (Wildman–Crippen MR) is 185 cm³/mol. The van der Waals surface area contributed by atoms with Crippen LogP contribution in [0.1, 0.15) is 226 Å². The lowest BCUT2D eigenvalue weighted by Gasteiger charge is -2.21. The largest absolute Gasteiger partial charge is 0.273 e. The standard InChI is InChI=1S/C38H76N2O2/c1-4-7-9-11-13-15-17-19-21-23-25-27-29-31-33-35-37(41)39-40(6-3)38(42)36-34-32-30-28-26-24-22-20-18-16-14-12-10-8-5-2/h4-36H2,1-3H3,(H,39,41). The third-order valence-corrected chi connectivity index (χ3v) is 8.88. The lowest BCUT2D eigenvalue weighted by Crippen LogP contribution is -2.45. The molecule has 0 saturated heterocycles. The molecule has 0 rings (SSSR count). The Balaban J connectivity index is 3.52. The average Bonchev–Trinajstić information content (AvgIpc) is 2.99. The lowest BCUT2D eigenvalue weighted by atomic mass is 10.0. The van der Waals surface area contributed by atoms with Crippen LogP contribution in [0.3, 0.4) is 0 Å². The highest BCUT2D eigenvalue weighted by molar-refractivity contribution is 5.82. The summed E-state index contributed by atoms with van der Waals surface area (Å²) in [5.74, 6) is 0.0634. The molecule has 0 heterocycles. The lowest BCUT2D eigenvalue weighted by molar-refractivity contribution is -0.141. The number of rotatable bonds is 33. The first kappa shape index (κ1) is 40.9. The Hall–Kier alpha value is -1.06. The number of unbranched alkanes of at least 4 members (excludes halogenated alkanes) is 28. The smallest absolute Gasteiger partial charge is 0.240 e. The molecule has 4 heteroatoms. The molecule has 0 aliphatic rings. The molecule has 0 aliphatic heterocycles. The van der Waals surface area contributed by atoms with Crippen LogP contribution in [0.2, 0.25) is 0 Å². The first-order valence-electron chi connectivity index (χ1n) is 19.3. The van der Waals surface area contributed by atoms with Crippen LogP contribution in [0.4, 0.5) is 0 Å². The molecular weight excluding hydrogens is 516 g/mol. The molecule has 250 valence electrons. The van der Waals surface area contributed by atoms with Crippen LogP contribution in [0, 0.1) is 0 Å². The normalized spacial score (nSPS) is 11.2. The first-order valence-corrected chi connectivity index (χ1v) is 19.3. The fourth-order valence-electron chi connectivity index (χ4n) is 5.96. The summed E-state index contributed by atoms with van der Waals surface area (Å²) >= 11 is 0. The second-order valence-electron chi connectivity index (χ2n) is 13.1. The van der Waals surface area contributed by atoms with Gasteiger partial charge in [-0.1, -0.05) is 194 Å². The topological polar surface area (TPSA) is 49.4 Å². The van der Waals surface area contributed by atoms with E-state index in [2.05, 4.69) is 19.3 Å². The molecule has 0 aromatic heterocycles. The molecule has 0 aromatic carbocycles. The highest BCUT2D eigenvalue weighted by Gasteiger charge is 2.14. The summed E-state index contributed by atoms with van der Waals surface area (Å²) in [6.07, 6.45) is 40.9. The van der Waals surface area contributed by atoms with Crippen LogP contribution < -0.4 is 5.43 Å². The maximum absolute atomic E-state index is 12.6. The summed E-state index contributed by atoms with van der Waals surface area (Å²) in [7, 11) is 0. The second-order valence-corrected chi connectivity index (χ2v) is 13.1. The molecular formula is C38H76N2O2. The number of hydrogen-bond acceptors (Lipinski definition) is 2. The van der Waals surface area contributed by atoms with Gasteiger partial charge in [-0.15, -0.1) is 0 Å². The van der Waals surface area contributed by atoms with Crippen molar-refractivity contribution in [2.75, 3.05) is 6.54 Å². The maximum atomic E-state index is 12.6. The molecule has 0 bridgehead atoms. The Kier molecular flexibility index (Phi) is 33.6. The summed E-state index contributed by atoms with van der Waals surface area (Å²) < 4.78 is 0. The highest BCUT2D eigenvalue weighted by atomic mass is 16.2. The van der Waals surface area contributed by atoms with Crippen molar-refractivity contribution in [3.63, 3.8) is 0 Å². The van der Waals surface area contributed by atoms with Gasteiger partial charge in [0.15, 0.2) is 0 Å². The van der Waals surface area contributed by atoms with Gasteiger partial charge in [-0.25, -0.2) is 0 Å². The molecule has 2 amide bonds. The number of hydrogen-bond donors (Lipinski definition) is 1. The van der Waals surface area contributed by atoms with Crippen molar-refractivity contribution >= 4 is 11.8 Å². The molecule has 0 aliphatic carbocycles. The van der Waals surface area contributed by atoms with E-state index in [1.165, 1.54) is 172 Å². The van der Waals surface area contributed by atoms with Gasteiger partial charge >= 0.3 is 0 Å². The molecule has 1 N–H and O–H groups in total. The van der Waals surface area contributed by atoms with E-state index in [1.807, 2.05) is 6.92 Å². The summed E-state index contributed by atoms with van der Waals surface area (Å²) in [4.78, 5) is 24.9. The Labute approximate surface area is 264 Å². The number of nitrogens with one attached hydrogen (secondary N) is 1. The summed E-state index contributed by atoms with van der Waals surface area (Å²) in [6.45, 7) is 7.05. The van der Waals surface area contributed by atoms with E-state index < -0.39 is 0 Å². The molecule has 0 aromatic rings. The van der Waals surface area contributed by atoms with E-state index in [0.29, 0.717) is 19.4 Å². The quantitative estimate of drug-likeness (QED) is 0.0608. The van der Waals surface area contributed by atoms with Crippen LogP contribution in [0.15, 0.2) is 0 Å². The van der Waals surface area contributed by atoms with Gasteiger partial charge in [0.1, 0.15) is 0 Å². The molecule has 0 unspecified atom stereocenters. The monoisotopic (exact) mass is 593 g/mol. The van der Waals surface area contributed by atoms with Crippen molar-refractivity contribution in [1.29, 1.82) is 0 Å². The van der Waals surface area contributed by atoms with E-state index in [4.69, 9.17) is 0 Å². The molecule has 4 nitrogen and oxygen atoms in total. The Bertz CT molecular complexity index is 565. The minimum Gasteiger partial charge on any atom is -0.273 e. The fourth-order valence-corrected chi connectivity index (χ4v) is 5.96. The molecule has 42 heavy (non-hydrogen) atoms. The fraction of sp³-hybridized carbons (Fsp3) is 0.947. The second kappa shape index (κ2) is 34.4. The van der Waals surface area contributed by atoms with Crippen LogP contribution in [0.25, 0.3) is 0 Å². The van der Waals surface area contributed by atoms with Gasteiger partial charge in [-0.3, -0.25) is 20.0 Å². The summed E-state index contributed by atoms with van der Waals surface area (Å²) in [5.41, 5.74) is 2.86. The molecule has 0 fully saturated rings. The number of nitrogens with zero attached hydrogens (tertiary/aromatic N) is 1. The van der Waals surface area contributed by atoms with E-state index >= 15 is 0 Å². The predicted octanol–water partition coefficient (Wildman–Crippen LogP) is 12.4. The molecule has 0 atom stereocenters. The van der Waals surface area contributed by atoms with Crippen LogP contribution in [-0.2, 0) is 9.59 Å². The number of carbonyl (C=O) groups excluding carboxylic acids is 2. The zero-order valence-corrected chi connectivity index (χ0v) is 29.1. The summed E-state index contributed by atoms with van der Waals surface area (Å²) in [5, 5.41) is 1.54. The third-order valence-electron chi connectivity index (χ3n) is 8.88. The Morgan fingerprint density at radius 3 is 0.929 bits per heavy atom. The van der Waals surface area contributed by atoms with E-state index in [0.717, 1.165) is 25.7 Å². The van der Waals surface area contributed by atoms with E-state index in [1.54, 1.807) is 0 Å². The van der Waals surface area contributed by atoms with Gasteiger partial charge < -0.3 is 0 Å². The van der Waals surface area contributed by atoms with Gasteiger partial charge in [0, 0.05) is 19.4 Å². The van der Waals surface area contributed by atoms with Crippen molar-refractivity contribution in [2.24, 2.45) is 0 Å². The number of carbonyl (C=O) groups is 2. The minimum atomic E-state index is -0.00335. The first-order chi connectivity index (χ1) is 20.7. The van der Waals surface area contributed by atoms with Crippen LogP contribution >= 0.6 is 0 Å². The van der Waals surface area contributed by atoms with Crippen molar-refractivity contribution in [1.82, 2.24) is 10.4 Å². The molecule has 0 radical (unpaired) electrons. The molecule has 0 spiro atoms. The Morgan fingerprint density at radius 1 is 0.381 bits per heavy atom. The van der Waals surface area contributed by atoms with Crippen molar-refractivity contribution in [3.8, 4) is 0 Å². The van der Waals surface area contributed by atoms with Gasteiger partial charge in [0.2, 0.25) is 11.8 Å². The molecule has 0 saturated carbocycles. The van der Waals surface area contributed by atoms with Crippen molar-refractivity contribution in [2.45, 2.75) is 226 Å². The van der Waals surface area contributed by atoms with Gasteiger partial charge in [0.05, 0.1) is 0 Å². The highest BCUT2D eigenvalue weighted by Crippen LogP contribution is 2.15. The summed E-state index contributed by atoms with van der Waals surface area (Å²) in [6, 6.07) is 0. The van der Waals surface area contributed by atoms with Gasteiger partial charge in [0.25, 0.3) is 0 Å².